The molecule has 0 atom stereocenters. The predicted octanol–water partition coefficient (Wildman–Crippen LogP) is 2.25. The van der Waals surface area contributed by atoms with Crippen molar-refractivity contribution in [2.75, 3.05) is 0 Å². The number of rotatable bonds is 4. The summed E-state index contributed by atoms with van der Waals surface area (Å²) in [6.07, 6.45) is 2.35. The Morgan fingerprint density at radius 2 is 1.55 bits per heavy atom. The molecule has 0 saturated carbocycles. The fraction of sp³-hybridized carbons (Fsp3) is 0.296. The first-order valence-electron chi connectivity index (χ1n) is 10.6. The van der Waals surface area contributed by atoms with Gasteiger partial charge in [0.1, 0.15) is 0 Å². The molecule has 31 heavy (non-hydrogen) atoms. The molecule has 0 N–H and O–H groups in total. The van der Waals surface area contributed by atoms with Crippen LogP contribution in [0.1, 0.15) is 44.2 Å². The molecule has 0 saturated heterocycles. The van der Waals surface area contributed by atoms with Crippen molar-refractivity contribution in [2.45, 2.75) is 52.6 Å². The Kier molecular flexibility index (Phi) is 11.9. The molecule has 0 aliphatic rings. The zero-order valence-corrected chi connectivity index (χ0v) is 24.1. The minimum Gasteiger partial charge on any atom is -1.00 e. The van der Waals surface area contributed by atoms with Crippen LogP contribution in [0.5, 0.6) is 0 Å². The minimum absolute atomic E-state index is 0. The fourth-order valence-electron chi connectivity index (χ4n) is 3.77. The van der Waals surface area contributed by atoms with Gasteiger partial charge in [-0.25, -0.2) is 0 Å². The van der Waals surface area contributed by atoms with E-state index in [0.29, 0.717) is 5.92 Å². The third-order valence-corrected chi connectivity index (χ3v) is 5.17. The summed E-state index contributed by atoms with van der Waals surface area (Å²) in [7, 11) is 0. The van der Waals surface area contributed by atoms with Crippen molar-refractivity contribution in [1.82, 2.24) is 0 Å². The normalized spacial score (nSPS) is 10.3. The number of aryl methyl sites for hydroxylation is 1. The van der Waals surface area contributed by atoms with Gasteiger partial charge in [-0.2, -0.15) is 6.07 Å². The van der Waals surface area contributed by atoms with Gasteiger partial charge in [-0.1, -0.05) is 80.8 Å². The molecule has 0 aliphatic carbocycles. The molecular formula is C27H31Cl2SiZr-. The Balaban J connectivity index is 0.000000741. The molecule has 0 fully saturated rings. The second-order valence-corrected chi connectivity index (χ2v) is 17.8. The average Bonchev–Trinajstić information content (AvgIpc) is 3.09. The molecule has 0 spiro atoms. The molecule has 0 nitrogen and oxygen atoms in total. The van der Waals surface area contributed by atoms with E-state index in [1.165, 1.54) is 50.2 Å². The minimum atomic E-state index is 0. The van der Waals surface area contributed by atoms with E-state index in [9.17, 15) is 0 Å². The van der Waals surface area contributed by atoms with Gasteiger partial charge in [0, 0.05) is 0 Å². The van der Waals surface area contributed by atoms with Crippen LogP contribution in [-0.2, 0) is 29.8 Å². The molecule has 0 bridgehead atoms. The SMILES string of the molecule is CCCc1cc2c(-c3ccc4ccccc4c3)cc(C(C)C)cc2[cH-]1.C[Si](C)=[Zr+2].[Cl-].[Cl-]. The van der Waals surface area contributed by atoms with Gasteiger partial charge in [0.25, 0.3) is 0 Å². The van der Waals surface area contributed by atoms with Crippen LogP contribution in [-0.4, -0.2) is 5.43 Å². The zero-order valence-electron chi connectivity index (χ0n) is 19.1. The molecule has 0 unspecified atom stereocenters. The zero-order chi connectivity index (χ0) is 21.0. The van der Waals surface area contributed by atoms with Crippen molar-refractivity contribution in [3.05, 3.63) is 77.9 Å². The van der Waals surface area contributed by atoms with Crippen molar-refractivity contribution in [1.29, 1.82) is 0 Å². The number of halogens is 2. The Labute approximate surface area is 215 Å². The van der Waals surface area contributed by atoms with Crippen LogP contribution in [0.15, 0.2) is 66.7 Å². The standard InChI is InChI=1S/C25H25.C2H6Si.2ClH.Zr/c1-4-7-18-12-23-15-22(17(2)3)16-25(24(23)13-18)21-11-10-19-8-5-6-9-20(19)14-21;1-3-2;;;/h5-6,8-17H,4,7H2,1-3H3;1-2H3;2*1H;/q-1;;;;+2/p-2. The van der Waals surface area contributed by atoms with Crippen molar-refractivity contribution in [3.63, 3.8) is 0 Å². The molecule has 4 aromatic rings. The molecule has 0 amide bonds. The first-order chi connectivity index (χ1) is 13.9. The predicted molar refractivity (Wildman–Crippen MR) is 128 cm³/mol. The molecular weight excluding hydrogens is 515 g/mol. The van der Waals surface area contributed by atoms with E-state index in [1.807, 2.05) is 0 Å². The number of hydrogen-bond donors (Lipinski definition) is 0. The molecule has 0 heterocycles. The summed E-state index contributed by atoms with van der Waals surface area (Å²) >= 11 is 1.74. The number of benzene rings is 3. The first-order valence-corrected chi connectivity index (χ1v) is 16.8. The maximum atomic E-state index is 2.40. The van der Waals surface area contributed by atoms with Crippen LogP contribution in [0.3, 0.4) is 0 Å². The van der Waals surface area contributed by atoms with Crippen molar-refractivity contribution in [2.24, 2.45) is 0 Å². The number of fused-ring (bicyclic) bond motifs is 2. The van der Waals surface area contributed by atoms with E-state index < -0.39 is 0 Å². The van der Waals surface area contributed by atoms with Crippen molar-refractivity contribution >= 4 is 27.0 Å². The monoisotopic (exact) mass is 543 g/mol. The van der Waals surface area contributed by atoms with Crippen LogP contribution in [0.2, 0.25) is 13.1 Å². The van der Waals surface area contributed by atoms with Crippen LogP contribution >= 0.6 is 0 Å². The number of hydrogen-bond acceptors (Lipinski definition) is 0. The second kappa shape index (κ2) is 13.0. The maximum Gasteiger partial charge on any atom is -1.00 e. The molecule has 0 aliphatic heterocycles. The Hall–Kier alpha value is -0.790. The summed E-state index contributed by atoms with van der Waals surface area (Å²) in [6.45, 7) is 11.4. The molecule has 4 rings (SSSR count). The van der Waals surface area contributed by atoms with E-state index in [2.05, 4.69) is 101 Å². The molecule has 0 aromatic heterocycles. The van der Waals surface area contributed by atoms with Crippen LogP contribution in [0, 0.1) is 0 Å². The van der Waals surface area contributed by atoms with E-state index in [0.717, 1.165) is 6.42 Å². The third-order valence-electron chi connectivity index (χ3n) is 5.17. The summed E-state index contributed by atoms with van der Waals surface area (Å²) < 4.78 is 0. The quantitative estimate of drug-likeness (QED) is 0.273. The first kappa shape index (κ1) is 28.2. The van der Waals surface area contributed by atoms with Crippen LogP contribution < -0.4 is 24.8 Å². The van der Waals surface area contributed by atoms with Gasteiger partial charge in [-0.05, 0) is 34.7 Å². The Bertz CT molecular complexity index is 1140. The molecule has 4 aromatic carbocycles. The second-order valence-electron chi connectivity index (χ2n) is 8.40. The van der Waals surface area contributed by atoms with Gasteiger partial charge in [-0.3, -0.25) is 0 Å². The van der Waals surface area contributed by atoms with Gasteiger partial charge in [0.15, 0.2) is 0 Å². The Morgan fingerprint density at radius 1 is 0.903 bits per heavy atom. The third kappa shape index (κ3) is 7.36. The average molecular weight is 546 g/mol. The maximum absolute atomic E-state index is 2.40. The Morgan fingerprint density at radius 3 is 2.16 bits per heavy atom. The summed E-state index contributed by atoms with van der Waals surface area (Å²) in [5.74, 6) is 0.535. The largest absolute Gasteiger partial charge is 1.00 e. The van der Waals surface area contributed by atoms with Crippen LogP contribution in [0.4, 0.5) is 0 Å². The van der Waals surface area contributed by atoms with Gasteiger partial charge < -0.3 is 24.8 Å². The summed E-state index contributed by atoms with van der Waals surface area (Å²) in [6, 6.07) is 25.0. The van der Waals surface area contributed by atoms with Gasteiger partial charge >= 0.3 is 41.9 Å². The molecule has 0 radical (unpaired) electrons. The van der Waals surface area contributed by atoms with E-state index in [1.54, 1.807) is 23.3 Å². The summed E-state index contributed by atoms with van der Waals surface area (Å²) in [4.78, 5) is 0. The van der Waals surface area contributed by atoms with E-state index >= 15 is 0 Å². The topological polar surface area (TPSA) is 0 Å². The van der Waals surface area contributed by atoms with Gasteiger partial charge in [0.05, 0.1) is 0 Å². The summed E-state index contributed by atoms with van der Waals surface area (Å²) in [5, 5.41) is 5.39. The van der Waals surface area contributed by atoms with E-state index in [4.69, 9.17) is 0 Å². The van der Waals surface area contributed by atoms with Crippen LogP contribution in [0.25, 0.3) is 32.7 Å². The molecule has 4 heteroatoms. The summed E-state index contributed by atoms with van der Waals surface area (Å²) in [5.41, 5.74) is 5.78. The fourth-order valence-corrected chi connectivity index (χ4v) is 3.77. The smallest absolute Gasteiger partial charge is 1.00 e. The van der Waals surface area contributed by atoms with E-state index in [-0.39, 0.29) is 30.2 Å². The molecule has 162 valence electrons. The van der Waals surface area contributed by atoms with Gasteiger partial charge in [0.2, 0.25) is 0 Å². The van der Waals surface area contributed by atoms with Gasteiger partial charge in [-0.15, -0.1) is 28.5 Å². The van der Waals surface area contributed by atoms with Crippen molar-refractivity contribution in [3.8, 4) is 11.1 Å². The van der Waals surface area contributed by atoms with Crippen molar-refractivity contribution < 1.29 is 48.1 Å².